The van der Waals surface area contributed by atoms with Gasteiger partial charge < -0.3 is 11.0 Å². The van der Waals surface area contributed by atoms with E-state index in [0.29, 0.717) is 0 Å². The second kappa shape index (κ2) is 14.5. The van der Waals surface area contributed by atoms with E-state index < -0.39 is 28.2 Å². The van der Waals surface area contributed by atoms with Crippen LogP contribution in [-0.4, -0.2) is 140 Å². The molecule has 6 N–H and O–H groups in total. The molecule has 0 saturated heterocycles. The van der Waals surface area contributed by atoms with E-state index in [1.807, 2.05) is 30.3 Å². The molecule has 3 aromatic rings. The molecule has 0 fully saturated rings. The van der Waals surface area contributed by atoms with Crippen molar-refractivity contribution in [1.82, 2.24) is 0 Å². The minimum atomic E-state index is -4.28. The molecule has 31 heavy (non-hydrogen) atoms. The summed E-state index contributed by atoms with van der Waals surface area (Å²) in [5.74, 6) is 0. The molecule has 0 aliphatic rings. The molecule has 0 aromatic heterocycles. The van der Waals surface area contributed by atoms with Crippen molar-refractivity contribution in [3.63, 3.8) is 0 Å². The Morgan fingerprint density at radius 1 is 0.516 bits per heavy atom. The summed E-state index contributed by atoms with van der Waals surface area (Å²) in [5.41, 5.74) is 0. The Balaban J connectivity index is 0. The van der Waals surface area contributed by atoms with E-state index in [0.717, 1.165) is 15.9 Å². The van der Waals surface area contributed by atoms with Crippen LogP contribution in [0.5, 0.6) is 0 Å². The Morgan fingerprint density at radius 2 is 0.806 bits per heavy atom. The third-order valence-electron chi connectivity index (χ3n) is 3.80. The Bertz CT molecular complexity index is 1080. The maximum absolute atomic E-state index is 11.3. The summed E-state index contributed by atoms with van der Waals surface area (Å²) in [6.45, 7) is 0. The molecule has 0 unspecified atom stereocenters. The Kier molecular flexibility index (Phi) is 16.0. The normalized spacial score (nSPS) is 10.7. The molecule has 160 valence electrons. The number of hydrogen-bond donors (Lipinski definition) is 2. The Morgan fingerprint density at radius 3 is 1.10 bits per heavy atom. The van der Waals surface area contributed by atoms with Crippen LogP contribution in [0, 0.1) is 0 Å². The van der Waals surface area contributed by atoms with Crippen LogP contribution < -0.4 is 15.9 Å². The molecule has 3 rings (SSSR count). The van der Waals surface area contributed by atoms with E-state index in [9.17, 15) is 16.8 Å². The molecule has 0 radical (unpaired) electrons. The van der Waals surface area contributed by atoms with Gasteiger partial charge in [-0.3, -0.25) is 9.11 Å². The molecule has 0 heterocycles. The van der Waals surface area contributed by atoms with Crippen molar-refractivity contribution in [3.05, 3.63) is 78.9 Å². The van der Waals surface area contributed by atoms with Gasteiger partial charge in [0.05, 0.1) is 9.79 Å². The fourth-order valence-corrected chi connectivity index (χ4v) is 5.78. The first-order chi connectivity index (χ1) is 12.7. The van der Waals surface area contributed by atoms with Crippen LogP contribution in [0.1, 0.15) is 0 Å². The summed E-state index contributed by atoms with van der Waals surface area (Å²) in [6, 6.07) is 21.3. The van der Waals surface area contributed by atoms with Gasteiger partial charge in [0.1, 0.15) is 0 Å². The first kappa shape index (κ1) is 34.3. The van der Waals surface area contributed by atoms with Crippen LogP contribution in [0.3, 0.4) is 0 Å². The van der Waals surface area contributed by atoms with Crippen molar-refractivity contribution in [2.24, 2.45) is 0 Å². The third-order valence-corrected chi connectivity index (χ3v) is 7.98. The van der Waals surface area contributed by atoms with Crippen molar-refractivity contribution < 1.29 is 36.9 Å². The van der Waals surface area contributed by atoms with Crippen LogP contribution in [-0.2, 0) is 20.2 Å². The minimum absolute atomic E-state index is 0. The van der Waals surface area contributed by atoms with Crippen LogP contribution in [0.4, 0.5) is 0 Å². The molecule has 0 amide bonds. The molecule has 13 heteroatoms. The molecule has 0 aliphatic carbocycles. The Labute approximate surface area is 267 Å². The second-order valence-electron chi connectivity index (χ2n) is 5.61. The van der Waals surface area contributed by atoms with Gasteiger partial charge in [-0.1, -0.05) is 54.6 Å². The standard InChI is InChI=1S/C18H15O6PS2.2K.2H2O.2H/c19-26(20,21)17-10-6-15(7-11-17)25(14-4-2-1-3-5-14)16-8-12-18(13-9-16)27(22,23)24;;;;;;/h1-13H,(H,19,20,21)(H,22,23,24);;;2*1H2;;. The quantitative estimate of drug-likeness (QED) is 0.239. The van der Waals surface area contributed by atoms with Gasteiger partial charge in [0, 0.05) is 0 Å². The zero-order chi connectivity index (χ0) is 19.7. The van der Waals surface area contributed by atoms with Gasteiger partial charge in [-0.05, 0) is 48.1 Å². The van der Waals surface area contributed by atoms with E-state index in [1.165, 1.54) is 24.3 Å². The van der Waals surface area contributed by atoms with Gasteiger partial charge in [-0.15, -0.1) is 0 Å². The summed E-state index contributed by atoms with van der Waals surface area (Å²) in [6.07, 6.45) is 0. The predicted molar refractivity (Wildman–Crippen MR) is 126 cm³/mol. The molecule has 3 aromatic carbocycles. The Hall–Kier alpha value is 1.10. The van der Waals surface area contributed by atoms with E-state index in [4.69, 9.17) is 9.11 Å². The molecule has 0 atom stereocenters. The van der Waals surface area contributed by atoms with E-state index in [2.05, 4.69) is 0 Å². The van der Waals surface area contributed by atoms with Gasteiger partial charge >= 0.3 is 103 Å². The van der Waals surface area contributed by atoms with Gasteiger partial charge in [-0.25, -0.2) is 0 Å². The van der Waals surface area contributed by atoms with E-state index >= 15 is 0 Å². The van der Waals surface area contributed by atoms with Gasteiger partial charge in [0.25, 0.3) is 20.2 Å². The number of hydrogen-bond acceptors (Lipinski definition) is 4. The zero-order valence-electron chi connectivity index (χ0n) is 14.8. The van der Waals surface area contributed by atoms with Crippen LogP contribution >= 0.6 is 7.92 Å². The molecule has 0 spiro atoms. The SMILES string of the molecule is O.O.O=S(=O)(O)c1ccc(P(c2ccccc2)c2ccc(S(=O)(=O)O)cc2)cc1.[KH].[KH]. The maximum atomic E-state index is 11.3. The van der Waals surface area contributed by atoms with Gasteiger partial charge in [0.2, 0.25) is 0 Å². The van der Waals surface area contributed by atoms with Crippen LogP contribution in [0.15, 0.2) is 88.7 Å². The molecular formula is C18H21K2O8PS2. The van der Waals surface area contributed by atoms with E-state index in [1.54, 1.807) is 24.3 Å². The monoisotopic (exact) mass is 538 g/mol. The fourth-order valence-electron chi connectivity index (χ4n) is 2.56. The summed E-state index contributed by atoms with van der Waals surface area (Å²) in [7, 11) is -9.66. The fraction of sp³-hybridized carbons (Fsp3) is 0. The van der Waals surface area contributed by atoms with Crippen LogP contribution in [0.25, 0.3) is 0 Å². The van der Waals surface area contributed by atoms with Crippen LogP contribution in [0.2, 0.25) is 0 Å². The zero-order valence-corrected chi connectivity index (χ0v) is 17.3. The number of rotatable bonds is 5. The van der Waals surface area contributed by atoms with Gasteiger partial charge in [-0.2, -0.15) is 16.8 Å². The molecule has 0 saturated carbocycles. The van der Waals surface area contributed by atoms with Crippen molar-refractivity contribution in [2.75, 3.05) is 0 Å². The molecule has 0 aliphatic heterocycles. The second-order valence-corrected chi connectivity index (χ2v) is 10.7. The molecule has 8 nitrogen and oxygen atoms in total. The van der Waals surface area contributed by atoms with Crippen molar-refractivity contribution in [3.8, 4) is 0 Å². The van der Waals surface area contributed by atoms with Crippen molar-refractivity contribution in [1.29, 1.82) is 0 Å². The molecular weight excluding hydrogens is 517 g/mol. The molecule has 0 bridgehead atoms. The first-order valence-corrected chi connectivity index (χ1v) is 11.9. The predicted octanol–water partition coefficient (Wildman–Crippen LogP) is -1.01. The first-order valence-electron chi connectivity index (χ1n) is 7.66. The summed E-state index contributed by atoms with van der Waals surface area (Å²) in [4.78, 5) is -0.396. The summed E-state index contributed by atoms with van der Waals surface area (Å²) in [5, 5.41) is 2.62. The third kappa shape index (κ3) is 9.34. The van der Waals surface area contributed by atoms with Crippen molar-refractivity contribution in [2.45, 2.75) is 9.79 Å². The average Bonchev–Trinajstić information content (AvgIpc) is 2.62. The van der Waals surface area contributed by atoms with Crippen molar-refractivity contribution >= 4 is 147 Å². The summed E-state index contributed by atoms with van der Waals surface area (Å²) < 4.78 is 63.4. The number of benzene rings is 3. The van der Waals surface area contributed by atoms with E-state index in [-0.39, 0.29) is 124 Å². The summed E-state index contributed by atoms with van der Waals surface area (Å²) >= 11 is 0. The van der Waals surface area contributed by atoms with Gasteiger partial charge in [0.15, 0.2) is 0 Å². The average molecular weight is 539 g/mol. The topological polar surface area (TPSA) is 172 Å².